The lowest BCUT2D eigenvalue weighted by Crippen LogP contribution is -2.35. The van der Waals surface area contributed by atoms with Crippen LogP contribution in [0.25, 0.3) is 10.9 Å². The molecular weight excluding hydrogens is 406 g/mol. The van der Waals surface area contributed by atoms with E-state index in [0.717, 1.165) is 27.9 Å². The molecule has 158 valence electrons. The van der Waals surface area contributed by atoms with Crippen LogP contribution in [0, 0.1) is 6.92 Å². The molecule has 2 N–H and O–H groups in total. The van der Waals surface area contributed by atoms with E-state index in [1.165, 1.54) is 7.05 Å². The summed E-state index contributed by atoms with van der Waals surface area (Å²) in [5, 5.41) is 10.1. The molecule has 0 aliphatic carbocycles. The van der Waals surface area contributed by atoms with Crippen LogP contribution in [0.4, 0.5) is 11.4 Å². The number of benzene rings is 2. The summed E-state index contributed by atoms with van der Waals surface area (Å²) in [6, 6.07) is 8.77. The highest BCUT2D eigenvalue weighted by Crippen LogP contribution is 2.33. The molecule has 0 saturated heterocycles. The molecule has 0 atom stereocenters. The minimum Gasteiger partial charge on any atom is -0.490 e. The van der Waals surface area contributed by atoms with Gasteiger partial charge in [0.1, 0.15) is 17.3 Å². The van der Waals surface area contributed by atoms with Gasteiger partial charge in [0.25, 0.3) is 0 Å². The van der Waals surface area contributed by atoms with E-state index < -0.39 is 15.9 Å². The van der Waals surface area contributed by atoms with Crippen molar-refractivity contribution in [2.24, 2.45) is 0 Å². The molecule has 0 spiro atoms. The second-order valence-electron chi connectivity index (χ2n) is 7.36. The number of carbonyl (C=O) groups is 1. The third-order valence-corrected chi connectivity index (χ3v) is 6.88. The highest BCUT2D eigenvalue weighted by Gasteiger charge is 2.26. The minimum atomic E-state index is -3.90. The number of hydrogen-bond acceptors (Lipinski definition) is 6. The standard InChI is InChI=1S/C20H23N5O4S/c1-13-8-14-11-21-23-20(14)18(9-13)30(27,28)25(3)12-19(26)22-15-4-5-17-16(10-15)24(2)6-7-29-17/h4-5,8-11H,6-7,12H2,1-3H3,(H,21,23)(H,22,26). The molecule has 1 aliphatic rings. The maximum Gasteiger partial charge on any atom is 0.245 e. The van der Waals surface area contributed by atoms with Crippen molar-refractivity contribution < 1.29 is 17.9 Å². The van der Waals surface area contributed by atoms with Gasteiger partial charge in [0.2, 0.25) is 15.9 Å². The van der Waals surface area contributed by atoms with Crippen molar-refractivity contribution >= 4 is 38.2 Å². The number of H-pyrrole nitrogens is 1. The predicted molar refractivity (Wildman–Crippen MR) is 114 cm³/mol. The molecule has 0 saturated carbocycles. The molecule has 1 aliphatic heterocycles. The number of aryl methyl sites for hydroxylation is 1. The quantitative estimate of drug-likeness (QED) is 0.642. The number of carbonyl (C=O) groups excluding carboxylic acids is 1. The lowest BCUT2D eigenvalue weighted by molar-refractivity contribution is -0.116. The molecule has 1 aromatic heterocycles. The number of amides is 1. The van der Waals surface area contributed by atoms with Crippen LogP contribution in [0.1, 0.15) is 5.56 Å². The zero-order valence-electron chi connectivity index (χ0n) is 17.0. The number of fused-ring (bicyclic) bond motifs is 2. The van der Waals surface area contributed by atoms with E-state index in [1.54, 1.807) is 24.4 Å². The van der Waals surface area contributed by atoms with Crippen molar-refractivity contribution in [1.82, 2.24) is 14.5 Å². The number of likely N-dealkylation sites (N-methyl/N-ethyl adjacent to an activating group) is 2. The first kappa shape index (κ1) is 20.2. The summed E-state index contributed by atoms with van der Waals surface area (Å²) >= 11 is 0. The summed E-state index contributed by atoms with van der Waals surface area (Å²) in [6.07, 6.45) is 1.57. The summed E-state index contributed by atoms with van der Waals surface area (Å²) in [5.41, 5.74) is 2.67. The molecule has 0 fully saturated rings. The van der Waals surface area contributed by atoms with Gasteiger partial charge in [0, 0.05) is 25.2 Å². The van der Waals surface area contributed by atoms with Crippen LogP contribution in [0.2, 0.25) is 0 Å². The number of aromatic amines is 1. The average molecular weight is 430 g/mol. The molecule has 0 unspecified atom stereocenters. The van der Waals surface area contributed by atoms with Gasteiger partial charge in [0.05, 0.1) is 30.5 Å². The van der Waals surface area contributed by atoms with E-state index >= 15 is 0 Å². The smallest absolute Gasteiger partial charge is 0.245 e. The number of nitrogens with zero attached hydrogens (tertiary/aromatic N) is 3. The largest absolute Gasteiger partial charge is 0.490 e. The number of anilines is 2. The maximum atomic E-state index is 13.1. The van der Waals surface area contributed by atoms with Gasteiger partial charge in [-0.25, -0.2) is 8.42 Å². The van der Waals surface area contributed by atoms with Crippen molar-refractivity contribution in [3.8, 4) is 5.75 Å². The molecule has 30 heavy (non-hydrogen) atoms. The van der Waals surface area contributed by atoms with Crippen LogP contribution in [0.5, 0.6) is 5.75 Å². The van der Waals surface area contributed by atoms with Crippen LogP contribution in [-0.4, -0.2) is 62.6 Å². The van der Waals surface area contributed by atoms with Gasteiger partial charge in [-0.05, 0) is 42.8 Å². The van der Waals surface area contributed by atoms with Crippen molar-refractivity contribution in [1.29, 1.82) is 0 Å². The third-order valence-electron chi connectivity index (χ3n) is 5.05. The molecule has 3 aromatic rings. The van der Waals surface area contributed by atoms with E-state index in [1.807, 2.05) is 31.0 Å². The van der Waals surface area contributed by atoms with E-state index in [0.29, 0.717) is 23.2 Å². The molecule has 1 amide bonds. The Kier molecular flexibility index (Phi) is 5.12. The summed E-state index contributed by atoms with van der Waals surface area (Å²) < 4.78 is 32.8. The van der Waals surface area contributed by atoms with Crippen molar-refractivity contribution in [3.05, 3.63) is 42.1 Å². The Bertz CT molecular complexity index is 1220. The topological polar surface area (TPSA) is 108 Å². The molecule has 9 nitrogen and oxygen atoms in total. The highest BCUT2D eigenvalue weighted by molar-refractivity contribution is 7.89. The Labute approximate surface area is 174 Å². The van der Waals surface area contributed by atoms with Gasteiger partial charge in [-0.2, -0.15) is 9.40 Å². The third kappa shape index (κ3) is 3.71. The number of nitrogens with one attached hydrogen (secondary N) is 2. The molecule has 4 rings (SSSR count). The lowest BCUT2D eigenvalue weighted by Gasteiger charge is -2.28. The van der Waals surface area contributed by atoms with E-state index in [4.69, 9.17) is 4.74 Å². The van der Waals surface area contributed by atoms with Gasteiger partial charge >= 0.3 is 0 Å². The van der Waals surface area contributed by atoms with Gasteiger partial charge in [-0.3, -0.25) is 9.89 Å². The van der Waals surface area contributed by atoms with Crippen molar-refractivity contribution in [2.45, 2.75) is 11.8 Å². The highest BCUT2D eigenvalue weighted by atomic mass is 32.2. The fourth-order valence-corrected chi connectivity index (χ4v) is 4.83. The van der Waals surface area contributed by atoms with Gasteiger partial charge in [-0.15, -0.1) is 0 Å². The van der Waals surface area contributed by atoms with Crippen LogP contribution in [-0.2, 0) is 14.8 Å². The summed E-state index contributed by atoms with van der Waals surface area (Å²) in [5.74, 6) is 0.318. The van der Waals surface area contributed by atoms with Gasteiger partial charge in [-0.1, -0.05) is 0 Å². The van der Waals surface area contributed by atoms with E-state index in [2.05, 4.69) is 15.5 Å². The monoisotopic (exact) mass is 429 g/mol. The second kappa shape index (κ2) is 7.62. The molecular formula is C20H23N5O4S. The normalized spacial score (nSPS) is 13.9. The lowest BCUT2D eigenvalue weighted by atomic mass is 10.2. The van der Waals surface area contributed by atoms with E-state index in [9.17, 15) is 13.2 Å². The predicted octanol–water partition coefficient (Wildman–Crippen LogP) is 1.96. The van der Waals surface area contributed by atoms with Crippen LogP contribution in [0.3, 0.4) is 0 Å². The van der Waals surface area contributed by atoms with Gasteiger partial charge in [0.15, 0.2) is 0 Å². The maximum absolute atomic E-state index is 13.1. The summed E-state index contributed by atoms with van der Waals surface area (Å²) in [4.78, 5) is 14.7. The Morgan fingerprint density at radius 3 is 2.93 bits per heavy atom. The minimum absolute atomic E-state index is 0.0952. The van der Waals surface area contributed by atoms with E-state index in [-0.39, 0.29) is 11.4 Å². The Balaban J connectivity index is 1.52. The number of ether oxygens (including phenoxy) is 1. The molecule has 2 heterocycles. The molecule has 0 bridgehead atoms. The number of aromatic nitrogens is 2. The molecule has 0 radical (unpaired) electrons. The second-order valence-corrected chi connectivity index (χ2v) is 9.37. The fraction of sp³-hybridized carbons (Fsp3) is 0.300. The Hall–Kier alpha value is -3.11. The first-order valence-corrected chi connectivity index (χ1v) is 10.9. The zero-order chi connectivity index (χ0) is 21.5. The van der Waals surface area contributed by atoms with Crippen molar-refractivity contribution in [2.75, 3.05) is 44.0 Å². The summed E-state index contributed by atoms with van der Waals surface area (Å²) in [6.45, 7) is 2.86. The first-order valence-electron chi connectivity index (χ1n) is 9.43. The fourth-order valence-electron chi connectivity index (χ4n) is 3.46. The Morgan fingerprint density at radius 2 is 2.13 bits per heavy atom. The zero-order valence-corrected chi connectivity index (χ0v) is 17.8. The van der Waals surface area contributed by atoms with Crippen LogP contribution in [0.15, 0.2) is 41.4 Å². The average Bonchev–Trinajstić information content (AvgIpc) is 3.16. The SMILES string of the molecule is Cc1cc(S(=O)(=O)N(C)CC(=O)Nc2ccc3c(c2)N(C)CCO3)c2[nH]ncc2c1. The number of sulfonamides is 1. The van der Waals surface area contributed by atoms with Gasteiger partial charge < -0.3 is 15.0 Å². The van der Waals surface area contributed by atoms with Crippen LogP contribution >= 0.6 is 0 Å². The number of rotatable bonds is 5. The molecule has 2 aromatic carbocycles. The Morgan fingerprint density at radius 1 is 1.33 bits per heavy atom. The molecule has 10 heteroatoms. The van der Waals surface area contributed by atoms with Crippen molar-refractivity contribution in [3.63, 3.8) is 0 Å². The summed E-state index contributed by atoms with van der Waals surface area (Å²) in [7, 11) is -0.563. The number of hydrogen-bond donors (Lipinski definition) is 2. The first-order chi connectivity index (χ1) is 14.3. The van der Waals surface area contributed by atoms with Crippen LogP contribution < -0.4 is 15.0 Å².